The number of nitrogens with zero attached hydrogens (tertiary/aromatic N) is 3. The zero-order valence-electron chi connectivity index (χ0n) is 13.1. The number of rotatable bonds is 7. The predicted octanol–water partition coefficient (Wildman–Crippen LogP) is 2.47. The number of sulfonamides is 1. The molecular weight excluding hydrogens is 351 g/mol. The molecule has 3 aromatic rings. The Morgan fingerprint density at radius 2 is 2.21 bits per heavy atom. The van der Waals surface area contributed by atoms with Gasteiger partial charge >= 0.3 is 0 Å². The van der Waals surface area contributed by atoms with Gasteiger partial charge in [0.25, 0.3) is 0 Å². The minimum atomic E-state index is -3.21. The van der Waals surface area contributed by atoms with Crippen LogP contribution in [0, 0.1) is 5.82 Å². The average Bonchev–Trinajstić information content (AvgIpc) is 3.09. The van der Waals surface area contributed by atoms with E-state index in [1.54, 1.807) is 16.6 Å². The van der Waals surface area contributed by atoms with Gasteiger partial charge in [0, 0.05) is 23.9 Å². The molecule has 3 rings (SSSR count). The van der Waals surface area contributed by atoms with Crippen molar-refractivity contribution in [1.29, 1.82) is 0 Å². The maximum Gasteiger partial charge on any atom is 0.212 e. The van der Waals surface area contributed by atoms with Crippen LogP contribution in [0.4, 0.5) is 4.39 Å². The Bertz CT molecular complexity index is 949. The van der Waals surface area contributed by atoms with Crippen LogP contribution in [-0.2, 0) is 16.4 Å². The first-order valence-corrected chi connectivity index (χ1v) is 10.1. The van der Waals surface area contributed by atoms with Crippen LogP contribution in [-0.4, -0.2) is 35.3 Å². The lowest BCUT2D eigenvalue weighted by molar-refractivity contribution is 0.579. The van der Waals surface area contributed by atoms with Gasteiger partial charge in [0.05, 0.1) is 11.4 Å². The van der Waals surface area contributed by atoms with Crippen LogP contribution in [0.25, 0.3) is 16.3 Å². The summed E-state index contributed by atoms with van der Waals surface area (Å²) in [5.74, 6) is 0.240. The fourth-order valence-electron chi connectivity index (χ4n) is 2.32. The molecule has 1 aromatic carbocycles. The van der Waals surface area contributed by atoms with E-state index in [1.165, 1.54) is 23.5 Å². The van der Waals surface area contributed by atoms with E-state index in [-0.39, 0.29) is 11.6 Å². The van der Waals surface area contributed by atoms with Crippen LogP contribution in [0.2, 0.25) is 0 Å². The van der Waals surface area contributed by atoms with Crippen molar-refractivity contribution in [2.24, 2.45) is 0 Å². The molecule has 9 heteroatoms. The number of thiazole rings is 1. The molecule has 0 aliphatic rings. The highest BCUT2D eigenvalue weighted by Crippen LogP contribution is 2.21. The number of hydrogen-bond donors (Lipinski definition) is 1. The molecule has 0 spiro atoms. The van der Waals surface area contributed by atoms with Crippen molar-refractivity contribution in [3.8, 4) is 11.4 Å². The van der Waals surface area contributed by atoms with E-state index in [9.17, 15) is 12.8 Å². The number of fused-ring (bicyclic) bond motifs is 1. The van der Waals surface area contributed by atoms with Gasteiger partial charge in [-0.2, -0.15) is 4.98 Å². The fraction of sp³-hybridized carbons (Fsp3) is 0.333. The quantitative estimate of drug-likeness (QED) is 0.695. The van der Waals surface area contributed by atoms with E-state index in [0.717, 1.165) is 5.69 Å². The predicted molar refractivity (Wildman–Crippen MR) is 92.0 cm³/mol. The molecule has 0 saturated carbocycles. The lowest BCUT2D eigenvalue weighted by Gasteiger charge is -2.04. The van der Waals surface area contributed by atoms with Crippen LogP contribution in [0.1, 0.15) is 19.0 Å². The van der Waals surface area contributed by atoms with Gasteiger partial charge in [-0.3, -0.25) is 0 Å². The second kappa shape index (κ2) is 6.96. The van der Waals surface area contributed by atoms with E-state index in [0.29, 0.717) is 35.7 Å². The third-order valence-electron chi connectivity index (χ3n) is 3.41. The summed E-state index contributed by atoms with van der Waals surface area (Å²) in [5.41, 5.74) is 1.48. The number of aromatic nitrogens is 3. The first-order chi connectivity index (χ1) is 11.5. The number of hydrogen-bond acceptors (Lipinski definition) is 5. The Kier molecular flexibility index (Phi) is 4.93. The van der Waals surface area contributed by atoms with Crippen LogP contribution in [0.15, 0.2) is 29.6 Å². The Labute approximate surface area is 143 Å². The van der Waals surface area contributed by atoms with Gasteiger partial charge < -0.3 is 0 Å². The highest BCUT2D eigenvalue weighted by Gasteiger charge is 2.13. The molecule has 6 nitrogen and oxygen atoms in total. The van der Waals surface area contributed by atoms with Crippen molar-refractivity contribution in [3.05, 3.63) is 41.2 Å². The normalized spacial score (nSPS) is 12.1. The van der Waals surface area contributed by atoms with Crippen molar-refractivity contribution in [2.75, 3.05) is 12.3 Å². The summed E-state index contributed by atoms with van der Waals surface area (Å²) < 4.78 is 40.9. The van der Waals surface area contributed by atoms with Gasteiger partial charge in [0.2, 0.25) is 15.0 Å². The Morgan fingerprint density at radius 1 is 1.38 bits per heavy atom. The van der Waals surface area contributed by atoms with Gasteiger partial charge in [-0.1, -0.05) is 19.1 Å². The molecule has 0 aliphatic heterocycles. The average molecular weight is 368 g/mol. The Balaban J connectivity index is 1.76. The summed E-state index contributed by atoms with van der Waals surface area (Å²) in [6.07, 6.45) is 1.09. The monoisotopic (exact) mass is 368 g/mol. The Morgan fingerprint density at radius 3 is 2.96 bits per heavy atom. The third kappa shape index (κ3) is 3.80. The van der Waals surface area contributed by atoms with E-state index >= 15 is 0 Å². The minimum absolute atomic E-state index is 0.124. The van der Waals surface area contributed by atoms with Gasteiger partial charge in [-0.25, -0.2) is 22.0 Å². The van der Waals surface area contributed by atoms with Crippen molar-refractivity contribution in [3.63, 3.8) is 0 Å². The van der Waals surface area contributed by atoms with Crippen LogP contribution < -0.4 is 4.72 Å². The van der Waals surface area contributed by atoms with Crippen molar-refractivity contribution >= 4 is 26.3 Å². The maximum atomic E-state index is 13.3. The van der Waals surface area contributed by atoms with Gasteiger partial charge in [0.15, 0.2) is 5.82 Å². The van der Waals surface area contributed by atoms with E-state index in [2.05, 4.69) is 14.8 Å². The Hall–Kier alpha value is -1.84. The van der Waals surface area contributed by atoms with Gasteiger partial charge in [0.1, 0.15) is 5.82 Å². The SMILES string of the molecule is CCCS(=O)(=O)NCCc1csc2nc(-c3cccc(F)c3)nn12. The summed E-state index contributed by atoms with van der Waals surface area (Å²) in [6, 6.07) is 6.12. The smallest absolute Gasteiger partial charge is 0.212 e. The standard InChI is InChI=1S/C15H17FN4O2S2/c1-2-8-24(21,22)17-7-6-13-10-23-15-18-14(19-20(13)15)11-4-3-5-12(16)9-11/h3-5,9-10,17H,2,6-8H2,1H3. The van der Waals surface area contributed by atoms with Crippen molar-refractivity contribution in [1.82, 2.24) is 19.3 Å². The highest BCUT2D eigenvalue weighted by atomic mass is 32.2. The molecule has 0 atom stereocenters. The number of benzene rings is 1. The van der Waals surface area contributed by atoms with Crippen molar-refractivity contribution < 1.29 is 12.8 Å². The van der Waals surface area contributed by atoms with Crippen LogP contribution in [0.3, 0.4) is 0 Å². The molecule has 128 valence electrons. The number of halogens is 1. The zero-order chi connectivity index (χ0) is 17.2. The summed E-state index contributed by atoms with van der Waals surface area (Å²) in [7, 11) is -3.21. The van der Waals surface area contributed by atoms with Crippen LogP contribution >= 0.6 is 11.3 Å². The van der Waals surface area contributed by atoms with E-state index in [4.69, 9.17) is 0 Å². The highest BCUT2D eigenvalue weighted by molar-refractivity contribution is 7.89. The lowest BCUT2D eigenvalue weighted by atomic mass is 10.2. The molecule has 1 N–H and O–H groups in total. The van der Waals surface area contributed by atoms with Crippen LogP contribution in [0.5, 0.6) is 0 Å². The molecular formula is C15H17FN4O2S2. The summed E-state index contributed by atoms with van der Waals surface area (Å²) in [6.45, 7) is 2.13. The molecule has 0 bridgehead atoms. The van der Waals surface area contributed by atoms with E-state index in [1.807, 2.05) is 12.3 Å². The molecule has 2 heterocycles. The molecule has 0 saturated heterocycles. The summed E-state index contributed by atoms with van der Waals surface area (Å²) in [5, 5.41) is 6.31. The van der Waals surface area contributed by atoms with Crippen molar-refractivity contribution in [2.45, 2.75) is 19.8 Å². The summed E-state index contributed by atoms with van der Waals surface area (Å²) >= 11 is 1.42. The first-order valence-electron chi connectivity index (χ1n) is 7.55. The fourth-order valence-corrected chi connectivity index (χ4v) is 4.27. The molecule has 0 unspecified atom stereocenters. The first kappa shape index (κ1) is 17.0. The van der Waals surface area contributed by atoms with Gasteiger partial charge in [-0.05, 0) is 18.6 Å². The molecule has 0 radical (unpaired) electrons. The second-order valence-electron chi connectivity index (χ2n) is 5.33. The molecule has 0 amide bonds. The maximum absolute atomic E-state index is 13.3. The molecule has 2 aromatic heterocycles. The molecule has 0 fully saturated rings. The lowest BCUT2D eigenvalue weighted by Crippen LogP contribution is -2.28. The summed E-state index contributed by atoms with van der Waals surface area (Å²) in [4.78, 5) is 5.09. The number of nitrogens with one attached hydrogen (secondary N) is 1. The van der Waals surface area contributed by atoms with E-state index < -0.39 is 10.0 Å². The second-order valence-corrected chi connectivity index (χ2v) is 8.09. The minimum Gasteiger partial charge on any atom is -0.215 e. The molecule has 0 aliphatic carbocycles. The molecule has 24 heavy (non-hydrogen) atoms. The third-order valence-corrected chi connectivity index (χ3v) is 5.86. The van der Waals surface area contributed by atoms with Gasteiger partial charge in [-0.15, -0.1) is 16.4 Å². The zero-order valence-corrected chi connectivity index (χ0v) is 14.7. The topological polar surface area (TPSA) is 76.4 Å². The largest absolute Gasteiger partial charge is 0.215 e.